The zero-order valence-electron chi connectivity index (χ0n) is 11.0. The lowest BCUT2D eigenvalue weighted by molar-refractivity contribution is 0.0948. The van der Waals surface area contributed by atoms with E-state index in [2.05, 4.69) is 31.6 Å². The number of carbonyl (C=O) groups is 1. The van der Waals surface area contributed by atoms with Gasteiger partial charge < -0.3 is 4.74 Å². The van der Waals surface area contributed by atoms with Crippen LogP contribution in [0.4, 0.5) is 0 Å². The summed E-state index contributed by atoms with van der Waals surface area (Å²) >= 11 is 3.26. The summed E-state index contributed by atoms with van der Waals surface area (Å²) in [5.74, 6) is 0.394. The number of hydrogen-bond acceptors (Lipinski definition) is 4. The average molecular weight is 337 g/mol. The summed E-state index contributed by atoms with van der Waals surface area (Å²) in [5.41, 5.74) is 3.57. The molecule has 0 radical (unpaired) electrons. The summed E-state index contributed by atoms with van der Waals surface area (Å²) in [6, 6.07) is 7.31. The van der Waals surface area contributed by atoms with Crippen molar-refractivity contribution in [1.29, 1.82) is 0 Å². The standard InChI is InChI=1S/C13H13BrN4O2/c1-18-8-11(14)12(17-18)13(19)16-15-7-9-3-5-10(20-2)6-4-9/h3-8H,1-2H3,(H,16,19)/b15-7-. The first-order chi connectivity index (χ1) is 9.60. The lowest BCUT2D eigenvalue weighted by atomic mass is 10.2. The molecule has 0 saturated heterocycles. The number of nitrogens with zero attached hydrogens (tertiary/aromatic N) is 3. The van der Waals surface area contributed by atoms with E-state index in [4.69, 9.17) is 4.74 Å². The van der Waals surface area contributed by atoms with Crippen molar-refractivity contribution in [1.82, 2.24) is 15.2 Å². The van der Waals surface area contributed by atoms with E-state index in [1.54, 1.807) is 31.3 Å². The van der Waals surface area contributed by atoms with Gasteiger partial charge in [-0.2, -0.15) is 10.2 Å². The zero-order chi connectivity index (χ0) is 14.5. The lowest BCUT2D eigenvalue weighted by Crippen LogP contribution is -2.18. The number of nitrogens with one attached hydrogen (secondary N) is 1. The molecule has 0 aliphatic rings. The number of methoxy groups -OCH3 is 1. The minimum atomic E-state index is -0.373. The molecule has 0 aliphatic heterocycles. The van der Waals surface area contributed by atoms with Crippen LogP contribution in [-0.4, -0.2) is 29.0 Å². The Labute approximate surface area is 124 Å². The Bertz CT molecular complexity index is 634. The molecule has 1 N–H and O–H groups in total. The maximum Gasteiger partial charge on any atom is 0.293 e. The van der Waals surface area contributed by atoms with Gasteiger partial charge in [0.05, 0.1) is 17.8 Å². The average Bonchev–Trinajstić information content (AvgIpc) is 2.78. The number of amides is 1. The Morgan fingerprint density at radius 2 is 2.15 bits per heavy atom. The van der Waals surface area contributed by atoms with Gasteiger partial charge in [-0.05, 0) is 45.8 Å². The molecule has 1 amide bonds. The number of carbonyl (C=O) groups excluding carboxylic acids is 1. The molecule has 0 fully saturated rings. The monoisotopic (exact) mass is 336 g/mol. The van der Waals surface area contributed by atoms with E-state index in [0.29, 0.717) is 10.2 Å². The number of aromatic nitrogens is 2. The number of rotatable bonds is 4. The fraction of sp³-hybridized carbons (Fsp3) is 0.154. The van der Waals surface area contributed by atoms with Gasteiger partial charge in [-0.15, -0.1) is 0 Å². The lowest BCUT2D eigenvalue weighted by Gasteiger charge is -1.99. The predicted molar refractivity (Wildman–Crippen MR) is 79.0 cm³/mol. The molecule has 104 valence electrons. The smallest absolute Gasteiger partial charge is 0.293 e. The van der Waals surface area contributed by atoms with Crippen molar-refractivity contribution in [3.05, 3.63) is 46.2 Å². The first-order valence-electron chi connectivity index (χ1n) is 5.77. The van der Waals surface area contributed by atoms with Gasteiger partial charge in [-0.25, -0.2) is 5.43 Å². The topological polar surface area (TPSA) is 68.5 Å². The quantitative estimate of drug-likeness (QED) is 0.685. The number of benzene rings is 1. The van der Waals surface area contributed by atoms with Gasteiger partial charge in [0.15, 0.2) is 5.69 Å². The molecule has 0 spiro atoms. The first kappa shape index (κ1) is 14.3. The minimum absolute atomic E-state index is 0.291. The summed E-state index contributed by atoms with van der Waals surface area (Å²) in [7, 11) is 3.34. The van der Waals surface area contributed by atoms with Gasteiger partial charge >= 0.3 is 0 Å². The first-order valence-corrected chi connectivity index (χ1v) is 6.56. The molecule has 2 rings (SSSR count). The van der Waals surface area contributed by atoms with Crippen LogP contribution in [0, 0.1) is 0 Å². The minimum Gasteiger partial charge on any atom is -0.497 e. The number of hydrogen-bond donors (Lipinski definition) is 1. The molecule has 0 atom stereocenters. The molecule has 1 aromatic heterocycles. The van der Waals surface area contributed by atoms with E-state index in [-0.39, 0.29) is 5.91 Å². The molecule has 20 heavy (non-hydrogen) atoms. The van der Waals surface area contributed by atoms with E-state index < -0.39 is 0 Å². The third-order valence-corrected chi connectivity index (χ3v) is 3.08. The fourth-order valence-corrected chi connectivity index (χ4v) is 2.08. The van der Waals surface area contributed by atoms with Crippen LogP contribution >= 0.6 is 15.9 Å². The third kappa shape index (κ3) is 3.45. The summed E-state index contributed by atoms with van der Waals surface area (Å²) in [4.78, 5) is 11.8. The Morgan fingerprint density at radius 1 is 1.45 bits per heavy atom. The number of ether oxygens (including phenoxy) is 1. The summed E-state index contributed by atoms with van der Waals surface area (Å²) in [5, 5.41) is 7.91. The molecule has 0 unspecified atom stereocenters. The van der Waals surface area contributed by atoms with Crippen LogP contribution in [-0.2, 0) is 7.05 Å². The largest absolute Gasteiger partial charge is 0.497 e. The highest BCUT2D eigenvalue weighted by Crippen LogP contribution is 2.13. The molecule has 0 aliphatic carbocycles. The van der Waals surface area contributed by atoms with Crippen molar-refractivity contribution in [2.75, 3.05) is 7.11 Å². The molecule has 1 aromatic carbocycles. The van der Waals surface area contributed by atoms with Gasteiger partial charge in [0, 0.05) is 13.2 Å². The van der Waals surface area contributed by atoms with Crippen LogP contribution in [0.5, 0.6) is 5.75 Å². The Kier molecular flexibility index (Phi) is 4.52. The third-order valence-electron chi connectivity index (χ3n) is 2.49. The Balaban J connectivity index is 1.98. The Hall–Kier alpha value is -2.15. The maximum atomic E-state index is 11.8. The molecule has 7 heteroatoms. The van der Waals surface area contributed by atoms with Gasteiger partial charge in [0.2, 0.25) is 0 Å². The van der Waals surface area contributed by atoms with Gasteiger partial charge in [-0.1, -0.05) is 0 Å². The van der Waals surface area contributed by atoms with E-state index in [1.807, 2.05) is 24.3 Å². The van der Waals surface area contributed by atoms with Crippen molar-refractivity contribution in [2.45, 2.75) is 0 Å². The number of aryl methyl sites for hydroxylation is 1. The van der Waals surface area contributed by atoms with E-state index in [9.17, 15) is 4.79 Å². The van der Waals surface area contributed by atoms with Crippen molar-refractivity contribution >= 4 is 28.1 Å². The van der Waals surface area contributed by atoms with Gasteiger partial charge in [0.1, 0.15) is 5.75 Å². The maximum absolute atomic E-state index is 11.8. The van der Waals surface area contributed by atoms with Crippen molar-refractivity contribution in [2.24, 2.45) is 12.1 Å². The predicted octanol–water partition coefficient (Wildman–Crippen LogP) is 1.96. The number of halogens is 1. The fourth-order valence-electron chi connectivity index (χ4n) is 1.52. The van der Waals surface area contributed by atoms with E-state index >= 15 is 0 Å². The zero-order valence-corrected chi connectivity index (χ0v) is 12.6. The van der Waals surface area contributed by atoms with Crippen LogP contribution in [0.15, 0.2) is 40.0 Å². The second-order valence-electron chi connectivity index (χ2n) is 3.97. The van der Waals surface area contributed by atoms with Crippen LogP contribution < -0.4 is 10.2 Å². The summed E-state index contributed by atoms with van der Waals surface area (Å²) in [6.07, 6.45) is 3.25. The normalized spacial score (nSPS) is 10.8. The molecule has 0 bridgehead atoms. The summed E-state index contributed by atoms with van der Waals surface area (Å²) in [6.45, 7) is 0. The van der Waals surface area contributed by atoms with Gasteiger partial charge in [-0.3, -0.25) is 9.48 Å². The van der Waals surface area contributed by atoms with Crippen LogP contribution in [0.25, 0.3) is 0 Å². The molecular weight excluding hydrogens is 324 g/mol. The van der Waals surface area contributed by atoms with Crippen LogP contribution in [0.1, 0.15) is 16.1 Å². The number of hydrazone groups is 1. The van der Waals surface area contributed by atoms with E-state index in [0.717, 1.165) is 11.3 Å². The Morgan fingerprint density at radius 3 is 2.70 bits per heavy atom. The van der Waals surface area contributed by atoms with Crippen LogP contribution in [0.3, 0.4) is 0 Å². The SMILES string of the molecule is COc1ccc(/C=N\NC(=O)c2nn(C)cc2Br)cc1. The molecule has 0 saturated carbocycles. The highest BCUT2D eigenvalue weighted by molar-refractivity contribution is 9.10. The van der Waals surface area contributed by atoms with Crippen molar-refractivity contribution < 1.29 is 9.53 Å². The van der Waals surface area contributed by atoms with Gasteiger partial charge in [0.25, 0.3) is 5.91 Å². The highest BCUT2D eigenvalue weighted by Gasteiger charge is 2.13. The summed E-state index contributed by atoms with van der Waals surface area (Å²) < 4.78 is 7.23. The second-order valence-corrected chi connectivity index (χ2v) is 4.83. The van der Waals surface area contributed by atoms with Crippen LogP contribution in [0.2, 0.25) is 0 Å². The molecule has 2 aromatic rings. The second kappa shape index (κ2) is 6.33. The van der Waals surface area contributed by atoms with Crippen molar-refractivity contribution in [3.8, 4) is 5.75 Å². The van der Waals surface area contributed by atoms with Crippen molar-refractivity contribution in [3.63, 3.8) is 0 Å². The highest BCUT2D eigenvalue weighted by atomic mass is 79.9. The molecular formula is C13H13BrN4O2. The molecule has 1 heterocycles. The van der Waals surface area contributed by atoms with E-state index in [1.165, 1.54) is 0 Å². The molecule has 6 nitrogen and oxygen atoms in total.